The van der Waals surface area contributed by atoms with Crippen molar-refractivity contribution in [2.24, 2.45) is 10.9 Å². The maximum Gasteiger partial charge on any atom is 0.156 e. The smallest absolute Gasteiger partial charge is 0.156 e. The highest BCUT2D eigenvalue weighted by Crippen LogP contribution is 2.16. The molecule has 1 aromatic carbocycles. The molecule has 1 rings (SSSR count). The fourth-order valence-corrected chi connectivity index (χ4v) is 1.95. The van der Waals surface area contributed by atoms with Gasteiger partial charge in [-0.3, -0.25) is 4.90 Å². The molecule has 0 fully saturated rings. The fraction of sp³-hybridized carbons (Fsp3) is 0.364. The van der Waals surface area contributed by atoms with Crippen molar-refractivity contribution in [3.63, 3.8) is 0 Å². The maximum absolute atomic E-state index is 13.2. The molecule has 0 aromatic heterocycles. The van der Waals surface area contributed by atoms with Crippen LogP contribution in [-0.4, -0.2) is 29.0 Å². The number of amidine groups is 1. The highest BCUT2D eigenvalue weighted by Gasteiger charge is 2.14. The highest BCUT2D eigenvalue weighted by atomic mass is 79.9. The molecule has 0 saturated heterocycles. The van der Waals surface area contributed by atoms with Gasteiger partial charge >= 0.3 is 0 Å². The van der Waals surface area contributed by atoms with Crippen LogP contribution in [0.15, 0.2) is 27.8 Å². The van der Waals surface area contributed by atoms with E-state index in [9.17, 15) is 4.39 Å². The number of benzene rings is 1. The van der Waals surface area contributed by atoms with Crippen LogP contribution in [0.4, 0.5) is 4.39 Å². The van der Waals surface area contributed by atoms with Crippen LogP contribution in [0.1, 0.15) is 12.5 Å². The minimum Gasteiger partial charge on any atom is -0.409 e. The van der Waals surface area contributed by atoms with Crippen LogP contribution in [0.25, 0.3) is 0 Å². The van der Waals surface area contributed by atoms with Crippen molar-refractivity contribution in [2.75, 3.05) is 7.05 Å². The Morgan fingerprint density at radius 1 is 1.59 bits per heavy atom. The van der Waals surface area contributed by atoms with Gasteiger partial charge in [-0.25, -0.2) is 4.39 Å². The molecule has 1 unspecified atom stereocenters. The predicted molar refractivity (Wildman–Crippen MR) is 68.4 cm³/mol. The minimum absolute atomic E-state index is 0.128. The first-order valence-electron chi connectivity index (χ1n) is 5.06. The average Bonchev–Trinajstić information content (AvgIpc) is 2.25. The molecular formula is C11H15BrFN3O. The molecule has 0 amide bonds. The summed E-state index contributed by atoms with van der Waals surface area (Å²) in [5.41, 5.74) is 6.32. The van der Waals surface area contributed by atoms with Gasteiger partial charge in [-0.05, 0) is 37.7 Å². The first kappa shape index (κ1) is 13.9. The van der Waals surface area contributed by atoms with E-state index in [1.807, 2.05) is 24.9 Å². The van der Waals surface area contributed by atoms with E-state index in [0.29, 0.717) is 11.0 Å². The van der Waals surface area contributed by atoms with Crippen molar-refractivity contribution in [3.05, 3.63) is 34.1 Å². The van der Waals surface area contributed by atoms with Crippen molar-refractivity contribution in [1.29, 1.82) is 0 Å². The Morgan fingerprint density at radius 3 is 2.76 bits per heavy atom. The second-order valence-electron chi connectivity index (χ2n) is 3.89. The third kappa shape index (κ3) is 3.98. The lowest BCUT2D eigenvalue weighted by Gasteiger charge is -2.23. The molecule has 1 atom stereocenters. The molecular weight excluding hydrogens is 289 g/mol. The van der Waals surface area contributed by atoms with Crippen molar-refractivity contribution in [2.45, 2.75) is 19.5 Å². The summed E-state index contributed by atoms with van der Waals surface area (Å²) in [6.45, 7) is 2.32. The standard InChI is InChI=1S/C11H15BrFN3O/c1-7(11(14)15-17)16(2)6-8-3-9(12)5-10(13)4-8/h3-5,7,17H,6H2,1-2H3,(H2,14,15). The summed E-state index contributed by atoms with van der Waals surface area (Å²) in [5, 5.41) is 11.5. The molecule has 4 nitrogen and oxygen atoms in total. The number of hydrogen-bond acceptors (Lipinski definition) is 3. The molecule has 3 N–H and O–H groups in total. The second-order valence-corrected chi connectivity index (χ2v) is 4.81. The monoisotopic (exact) mass is 303 g/mol. The summed E-state index contributed by atoms with van der Waals surface area (Å²) >= 11 is 3.24. The molecule has 17 heavy (non-hydrogen) atoms. The lowest BCUT2D eigenvalue weighted by molar-refractivity contribution is 0.279. The van der Waals surface area contributed by atoms with Crippen LogP contribution in [0.3, 0.4) is 0 Å². The summed E-state index contributed by atoms with van der Waals surface area (Å²) < 4.78 is 13.9. The Bertz CT molecular complexity index is 405. The summed E-state index contributed by atoms with van der Waals surface area (Å²) in [6, 6.07) is 4.47. The van der Waals surface area contributed by atoms with E-state index < -0.39 is 0 Å². The maximum atomic E-state index is 13.2. The quantitative estimate of drug-likeness (QED) is 0.388. The molecule has 0 aliphatic rings. The molecule has 1 aromatic rings. The molecule has 0 saturated carbocycles. The Balaban J connectivity index is 2.77. The van der Waals surface area contributed by atoms with Gasteiger partial charge in [0.2, 0.25) is 0 Å². The van der Waals surface area contributed by atoms with Crippen LogP contribution in [0.5, 0.6) is 0 Å². The van der Waals surface area contributed by atoms with Gasteiger partial charge in [0.15, 0.2) is 5.84 Å². The van der Waals surface area contributed by atoms with Gasteiger partial charge in [-0.2, -0.15) is 0 Å². The number of nitrogens with zero attached hydrogens (tertiary/aromatic N) is 2. The number of oxime groups is 1. The third-order valence-electron chi connectivity index (χ3n) is 2.56. The van der Waals surface area contributed by atoms with Crippen LogP contribution in [0, 0.1) is 5.82 Å². The van der Waals surface area contributed by atoms with Gasteiger partial charge < -0.3 is 10.9 Å². The van der Waals surface area contributed by atoms with Gasteiger partial charge in [0, 0.05) is 11.0 Å². The van der Waals surface area contributed by atoms with Crippen LogP contribution in [-0.2, 0) is 6.54 Å². The molecule has 6 heteroatoms. The zero-order valence-corrected chi connectivity index (χ0v) is 11.3. The largest absolute Gasteiger partial charge is 0.409 e. The van der Waals surface area contributed by atoms with Crippen molar-refractivity contribution in [1.82, 2.24) is 4.90 Å². The number of halogens is 2. The zero-order chi connectivity index (χ0) is 13.0. The highest BCUT2D eigenvalue weighted by molar-refractivity contribution is 9.10. The van der Waals surface area contributed by atoms with E-state index in [0.717, 1.165) is 5.56 Å². The Morgan fingerprint density at radius 2 is 2.24 bits per heavy atom. The molecule has 0 radical (unpaired) electrons. The third-order valence-corrected chi connectivity index (χ3v) is 3.02. The van der Waals surface area contributed by atoms with E-state index >= 15 is 0 Å². The van der Waals surface area contributed by atoms with E-state index in [-0.39, 0.29) is 17.7 Å². The van der Waals surface area contributed by atoms with E-state index in [1.54, 1.807) is 0 Å². The van der Waals surface area contributed by atoms with E-state index in [2.05, 4.69) is 21.1 Å². The van der Waals surface area contributed by atoms with E-state index in [4.69, 9.17) is 10.9 Å². The molecule has 0 aliphatic carbocycles. The summed E-state index contributed by atoms with van der Waals surface area (Å²) in [4.78, 5) is 1.86. The van der Waals surface area contributed by atoms with Crippen LogP contribution in [0.2, 0.25) is 0 Å². The average molecular weight is 304 g/mol. The van der Waals surface area contributed by atoms with Gasteiger partial charge in [-0.1, -0.05) is 21.1 Å². The topological polar surface area (TPSA) is 61.9 Å². The molecule has 0 spiro atoms. The molecule has 94 valence electrons. The van der Waals surface area contributed by atoms with Crippen molar-refractivity contribution in [3.8, 4) is 0 Å². The number of nitrogens with two attached hydrogens (primary N) is 1. The fourth-order valence-electron chi connectivity index (χ4n) is 1.44. The Hall–Kier alpha value is -1.14. The van der Waals surface area contributed by atoms with Crippen molar-refractivity contribution < 1.29 is 9.60 Å². The summed E-state index contributed by atoms with van der Waals surface area (Å²) in [6.07, 6.45) is 0. The molecule has 0 bridgehead atoms. The molecule has 0 heterocycles. The number of rotatable bonds is 4. The van der Waals surface area contributed by atoms with Gasteiger partial charge in [0.25, 0.3) is 0 Å². The number of likely N-dealkylation sites (N-methyl/N-ethyl adjacent to an activating group) is 1. The lowest BCUT2D eigenvalue weighted by Crippen LogP contribution is -2.40. The second kappa shape index (κ2) is 5.97. The first-order valence-corrected chi connectivity index (χ1v) is 5.86. The Kier molecular flexibility index (Phi) is 4.89. The van der Waals surface area contributed by atoms with E-state index in [1.165, 1.54) is 12.1 Å². The first-order chi connectivity index (χ1) is 7.93. The molecule has 0 aliphatic heterocycles. The zero-order valence-electron chi connectivity index (χ0n) is 9.69. The summed E-state index contributed by atoms with van der Waals surface area (Å²) in [5.74, 6) is -0.165. The van der Waals surface area contributed by atoms with Gasteiger partial charge in [0.1, 0.15) is 5.82 Å². The van der Waals surface area contributed by atoms with Gasteiger partial charge in [-0.15, -0.1) is 0 Å². The van der Waals surface area contributed by atoms with Crippen LogP contribution >= 0.6 is 15.9 Å². The minimum atomic E-state index is -0.292. The van der Waals surface area contributed by atoms with Gasteiger partial charge in [0.05, 0.1) is 6.04 Å². The van der Waals surface area contributed by atoms with Crippen molar-refractivity contribution >= 4 is 21.8 Å². The Labute approximate surface area is 108 Å². The van der Waals surface area contributed by atoms with Crippen LogP contribution < -0.4 is 5.73 Å². The number of hydrogen-bond donors (Lipinski definition) is 2. The lowest BCUT2D eigenvalue weighted by atomic mass is 10.2. The summed E-state index contributed by atoms with van der Waals surface area (Å²) in [7, 11) is 1.82. The SMILES string of the molecule is CC(C(N)=NO)N(C)Cc1cc(F)cc(Br)c1. The predicted octanol–water partition coefficient (Wildman–Crippen LogP) is 2.15. The normalized spacial score (nSPS) is 14.1.